The molecule has 0 radical (unpaired) electrons. The first-order valence-corrected chi connectivity index (χ1v) is 8.21. The molecule has 2 aromatic carbocycles. The van der Waals surface area contributed by atoms with Gasteiger partial charge in [-0.25, -0.2) is 4.39 Å². The molecule has 7 nitrogen and oxygen atoms in total. The molecular weight excluding hydrogens is 377 g/mol. The number of nitrogens with zero attached hydrogens (tertiary/aromatic N) is 3. The standard InChI is InChI=1S/C18H15ClFN3O4/c1-12-9-13(3-5-15(12)19)22(8-2-7-21)18(24)11-27-17-6-4-14(23(25)26)10-16(17)20/h3-6,9-10H,2,8,11H2,1H3. The summed E-state index contributed by atoms with van der Waals surface area (Å²) < 4.78 is 19.0. The van der Waals surface area contributed by atoms with Crippen LogP contribution < -0.4 is 9.64 Å². The van der Waals surface area contributed by atoms with Crippen LogP contribution in [0.1, 0.15) is 12.0 Å². The molecule has 1 amide bonds. The van der Waals surface area contributed by atoms with Gasteiger partial charge in [0.2, 0.25) is 0 Å². The molecule has 0 aliphatic heterocycles. The van der Waals surface area contributed by atoms with E-state index >= 15 is 0 Å². The third-order valence-electron chi connectivity index (χ3n) is 3.68. The zero-order chi connectivity index (χ0) is 20.0. The van der Waals surface area contributed by atoms with Gasteiger partial charge in [-0.05, 0) is 36.8 Å². The minimum absolute atomic E-state index is 0.0965. The molecule has 140 valence electrons. The van der Waals surface area contributed by atoms with Gasteiger partial charge in [-0.3, -0.25) is 14.9 Å². The van der Waals surface area contributed by atoms with E-state index < -0.39 is 28.9 Å². The Morgan fingerprint density at radius 2 is 2.11 bits per heavy atom. The summed E-state index contributed by atoms with van der Waals surface area (Å²) in [5.41, 5.74) is 0.870. The van der Waals surface area contributed by atoms with E-state index in [2.05, 4.69) is 0 Å². The maximum Gasteiger partial charge on any atom is 0.272 e. The van der Waals surface area contributed by atoms with Gasteiger partial charge in [0.15, 0.2) is 18.2 Å². The summed E-state index contributed by atoms with van der Waals surface area (Å²) in [7, 11) is 0. The van der Waals surface area contributed by atoms with E-state index in [0.29, 0.717) is 10.7 Å². The molecule has 0 unspecified atom stereocenters. The van der Waals surface area contributed by atoms with E-state index in [4.69, 9.17) is 21.6 Å². The van der Waals surface area contributed by atoms with E-state index in [1.54, 1.807) is 25.1 Å². The van der Waals surface area contributed by atoms with Crippen LogP contribution in [-0.2, 0) is 4.79 Å². The number of non-ortho nitro benzene ring substituents is 1. The van der Waals surface area contributed by atoms with Crippen LogP contribution in [0.25, 0.3) is 0 Å². The van der Waals surface area contributed by atoms with Crippen molar-refractivity contribution in [1.29, 1.82) is 5.26 Å². The SMILES string of the molecule is Cc1cc(N(CCC#N)C(=O)COc2ccc([N+](=O)[O-])cc2F)ccc1Cl. The van der Waals surface area contributed by atoms with Crippen LogP contribution >= 0.6 is 11.6 Å². The Morgan fingerprint density at radius 1 is 1.37 bits per heavy atom. The molecule has 0 bridgehead atoms. The second-order valence-electron chi connectivity index (χ2n) is 5.55. The van der Waals surface area contributed by atoms with Gasteiger partial charge >= 0.3 is 0 Å². The zero-order valence-corrected chi connectivity index (χ0v) is 15.1. The number of ether oxygens (including phenoxy) is 1. The lowest BCUT2D eigenvalue weighted by molar-refractivity contribution is -0.385. The lowest BCUT2D eigenvalue weighted by atomic mass is 10.2. The number of halogens is 2. The number of rotatable bonds is 7. The molecule has 0 fully saturated rings. The average molecular weight is 392 g/mol. The van der Waals surface area contributed by atoms with Gasteiger partial charge in [-0.15, -0.1) is 0 Å². The van der Waals surface area contributed by atoms with Gasteiger partial charge in [0.1, 0.15) is 0 Å². The third kappa shape index (κ3) is 5.15. The summed E-state index contributed by atoms with van der Waals surface area (Å²) in [6, 6.07) is 9.82. The van der Waals surface area contributed by atoms with Gasteiger partial charge < -0.3 is 9.64 Å². The van der Waals surface area contributed by atoms with Gasteiger partial charge in [0, 0.05) is 23.3 Å². The molecule has 0 aliphatic rings. The van der Waals surface area contributed by atoms with E-state index in [1.807, 2.05) is 6.07 Å². The summed E-state index contributed by atoms with van der Waals surface area (Å²) in [4.78, 5) is 23.8. The van der Waals surface area contributed by atoms with Gasteiger partial charge in [-0.2, -0.15) is 5.26 Å². The second-order valence-corrected chi connectivity index (χ2v) is 5.95. The van der Waals surface area contributed by atoms with E-state index in [1.165, 1.54) is 4.90 Å². The molecule has 27 heavy (non-hydrogen) atoms. The zero-order valence-electron chi connectivity index (χ0n) is 14.3. The normalized spacial score (nSPS) is 10.1. The van der Waals surface area contributed by atoms with Crippen molar-refractivity contribution >= 4 is 28.9 Å². The number of hydrogen-bond donors (Lipinski definition) is 0. The fourth-order valence-corrected chi connectivity index (χ4v) is 2.41. The van der Waals surface area contributed by atoms with Crippen LogP contribution in [0.4, 0.5) is 15.8 Å². The van der Waals surface area contributed by atoms with Crippen LogP contribution in [0.15, 0.2) is 36.4 Å². The Labute approximate surface area is 159 Å². The number of hydrogen-bond acceptors (Lipinski definition) is 5. The minimum Gasteiger partial charge on any atom is -0.481 e. The van der Waals surface area contributed by atoms with Crippen molar-refractivity contribution < 1.29 is 18.8 Å². The smallest absolute Gasteiger partial charge is 0.272 e. The molecule has 0 aliphatic carbocycles. The molecule has 2 aromatic rings. The largest absolute Gasteiger partial charge is 0.481 e. The Balaban J connectivity index is 2.15. The highest BCUT2D eigenvalue weighted by molar-refractivity contribution is 6.31. The van der Waals surface area contributed by atoms with Crippen LogP contribution in [0.3, 0.4) is 0 Å². The second kappa shape index (κ2) is 8.96. The van der Waals surface area contributed by atoms with Crippen LogP contribution in [0, 0.1) is 34.2 Å². The number of anilines is 1. The molecule has 0 heterocycles. The molecular formula is C18H15ClFN3O4. The predicted octanol–water partition coefficient (Wildman–Crippen LogP) is 4.02. The van der Waals surface area contributed by atoms with E-state index in [-0.39, 0.29) is 18.7 Å². The highest BCUT2D eigenvalue weighted by Crippen LogP contribution is 2.25. The molecule has 0 spiro atoms. The number of carbonyl (C=O) groups is 1. The Bertz CT molecular complexity index is 914. The lowest BCUT2D eigenvalue weighted by Gasteiger charge is -2.22. The number of nitriles is 1. The molecule has 0 saturated carbocycles. The van der Waals surface area contributed by atoms with Crippen molar-refractivity contribution in [2.45, 2.75) is 13.3 Å². The first-order valence-electron chi connectivity index (χ1n) is 7.83. The molecule has 0 aromatic heterocycles. The number of benzene rings is 2. The van der Waals surface area contributed by atoms with Crippen molar-refractivity contribution in [3.63, 3.8) is 0 Å². The van der Waals surface area contributed by atoms with E-state index in [0.717, 1.165) is 23.8 Å². The van der Waals surface area contributed by atoms with Crippen molar-refractivity contribution in [3.8, 4) is 11.8 Å². The van der Waals surface area contributed by atoms with Crippen LogP contribution in [0.5, 0.6) is 5.75 Å². The summed E-state index contributed by atoms with van der Waals surface area (Å²) >= 11 is 5.99. The number of aryl methyl sites for hydroxylation is 1. The van der Waals surface area contributed by atoms with Gasteiger partial charge in [0.05, 0.1) is 23.5 Å². The Morgan fingerprint density at radius 3 is 2.70 bits per heavy atom. The lowest BCUT2D eigenvalue weighted by Crippen LogP contribution is -2.35. The van der Waals surface area contributed by atoms with E-state index in [9.17, 15) is 19.3 Å². The number of nitro groups is 1. The van der Waals surface area contributed by atoms with Crippen molar-refractivity contribution in [2.24, 2.45) is 0 Å². The fraction of sp³-hybridized carbons (Fsp3) is 0.222. The Kier molecular flexibility index (Phi) is 6.68. The predicted molar refractivity (Wildman–Crippen MR) is 97.3 cm³/mol. The maximum absolute atomic E-state index is 13.9. The summed E-state index contributed by atoms with van der Waals surface area (Å²) in [5, 5.41) is 20.0. The van der Waals surface area contributed by atoms with Gasteiger partial charge in [0.25, 0.3) is 11.6 Å². The minimum atomic E-state index is -0.942. The molecule has 0 atom stereocenters. The first-order chi connectivity index (χ1) is 12.8. The monoisotopic (exact) mass is 391 g/mol. The van der Waals surface area contributed by atoms with Crippen LogP contribution in [-0.4, -0.2) is 24.0 Å². The average Bonchev–Trinajstić information content (AvgIpc) is 2.63. The van der Waals surface area contributed by atoms with Crippen LogP contribution in [0.2, 0.25) is 5.02 Å². The molecule has 9 heteroatoms. The summed E-state index contributed by atoms with van der Waals surface area (Å²) in [5.74, 6) is -1.71. The number of carbonyl (C=O) groups excluding carboxylic acids is 1. The fourth-order valence-electron chi connectivity index (χ4n) is 2.29. The number of nitro benzene ring substituents is 1. The quantitative estimate of drug-likeness (QED) is 0.524. The third-order valence-corrected chi connectivity index (χ3v) is 4.10. The van der Waals surface area contributed by atoms with Crippen molar-refractivity contribution in [2.75, 3.05) is 18.1 Å². The first kappa shape index (κ1) is 20.1. The summed E-state index contributed by atoms with van der Waals surface area (Å²) in [6.07, 6.45) is 0.0965. The summed E-state index contributed by atoms with van der Waals surface area (Å²) in [6.45, 7) is 1.41. The maximum atomic E-state index is 13.9. The Hall–Kier alpha value is -3.18. The van der Waals surface area contributed by atoms with Crippen molar-refractivity contribution in [1.82, 2.24) is 0 Å². The molecule has 0 saturated heterocycles. The molecule has 0 N–H and O–H groups in total. The molecule has 2 rings (SSSR count). The highest BCUT2D eigenvalue weighted by atomic mass is 35.5. The number of amides is 1. The van der Waals surface area contributed by atoms with Crippen molar-refractivity contribution in [3.05, 3.63) is 62.9 Å². The topological polar surface area (TPSA) is 96.5 Å². The highest BCUT2D eigenvalue weighted by Gasteiger charge is 2.19. The van der Waals surface area contributed by atoms with Gasteiger partial charge in [-0.1, -0.05) is 11.6 Å².